The highest BCUT2D eigenvalue weighted by atomic mass is 35.5. The van der Waals surface area contributed by atoms with Gasteiger partial charge >= 0.3 is 6.03 Å². The number of rotatable bonds is 4. The third-order valence-corrected chi connectivity index (χ3v) is 3.74. The van der Waals surface area contributed by atoms with Crippen LogP contribution in [0.3, 0.4) is 0 Å². The van der Waals surface area contributed by atoms with Crippen LogP contribution in [0.1, 0.15) is 31.4 Å². The van der Waals surface area contributed by atoms with Gasteiger partial charge in [0.2, 0.25) is 0 Å². The van der Waals surface area contributed by atoms with E-state index in [0.717, 1.165) is 12.1 Å². The van der Waals surface area contributed by atoms with Crippen LogP contribution in [0.4, 0.5) is 4.79 Å². The Morgan fingerprint density at radius 3 is 2.61 bits per heavy atom. The van der Waals surface area contributed by atoms with Crippen LogP contribution >= 0.6 is 11.6 Å². The molecule has 2 amide bonds. The van der Waals surface area contributed by atoms with Crippen LogP contribution in [0.15, 0.2) is 24.3 Å². The lowest BCUT2D eigenvalue weighted by Crippen LogP contribution is -2.39. The van der Waals surface area contributed by atoms with Crippen LogP contribution < -0.4 is 5.32 Å². The molecule has 1 N–H and O–H groups in total. The first-order valence-electron chi connectivity index (χ1n) is 6.34. The largest absolute Gasteiger partial charge is 0.338 e. The number of halogens is 1. The number of carbonyl (C=O) groups is 1. The molecule has 0 saturated heterocycles. The monoisotopic (exact) mass is 266 g/mol. The van der Waals surface area contributed by atoms with Crippen LogP contribution in [0.2, 0.25) is 5.02 Å². The Balaban J connectivity index is 1.91. The highest BCUT2D eigenvalue weighted by Gasteiger charge is 2.23. The zero-order valence-electron chi connectivity index (χ0n) is 10.8. The molecule has 18 heavy (non-hydrogen) atoms. The van der Waals surface area contributed by atoms with E-state index < -0.39 is 0 Å². The van der Waals surface area contributed by atoms with Crippen LogP contribution in [-0.4, -0.2) is 24.5 Å². The summed E-state index contributed by atoms with van der Waals surface area (Å²) < 4.78 is 0. The standard InChI is InChI=1S/C14H19ClN2O/c1-10(12-5-7-13(15)8-6-12)17(2)14(18)16-9-11-3-4-11/h5-8,10-11H,3-4,9H2,1-2H3,(H,16,18)/t10-/m1/s1. The predicted octanol–water partition coefficient (Wildman–Crippen LogP) is 3.45. The topological polar surface area (TPSA) is 32.3 Å². The van der Waals surface area contributed by atoms with Gasteiger partial charge < -0.3 is 10.2 Å². The molecular weight excluding hydrogens is 248 g/mol. The number of nitrogens with zero attached hydrogens (tertiary/aromatic N) is 1. The van der Waals surface area contributed by atoms with E-state index in [-0.39, 0.29) is 12.1 Å². The lowest BCUT2D eigenvalue weighted by atomic mass is 10.1. The summed E-state index contributed by atoms with van der Waals surface area (Å²) in [6, 6.07) is 7.65. The maximum atomic E-state index is 11.9. The second-order valence-corrected chi connectivity index (χ2v) is 5.40. The van der Waals surface area contributed by atoms with Crippen LogP contribution in [0.5, 0.6) is 0 Å². The third kappa shape index (κ3) is 3.39. The van der Waals surface area contributed by atoms with E-state index in [1.165, 1.54) is 12.8 Å². The minimum absolute atomic E-state index is 0.00986. The second kappa shape index (κ2) is 5.61. The lowest BCUT2D eigenvalue weighted by molar-refractivity contribution is 0.194. The minimum atomic E-state index is -0.00986. The van der Waals surface area contributed by atoms with E-state index in [9.17, 15) is 4.79 Å². The summed E-state index contributed by atoms with van der Waals surface area (Å²) in [5.41, 5.74) is 1.09. The molecule has 1 atom stereocenters. The molecule has 1 fully saturated rings. The lowest BCUT2D eigenvalue weighted by Gasteiger charge is -2.25. The molecule has 3 nitrogen and oxygen atoms in total. The summed E-state index contributed by atoms with van der Waals surface area (Å²) in [6.07, 6.45) is 2.49. The average molecular weight is 267 g/mol. The Kier molecular flexibility index (Phi) is 4.12. The van der Waals surface area contributed by atoms with Gasteiger partial charge in [0.15, 0.2) is 0 Å². The molecule has 0 aliphatic heterocycles. The number of amides is 2. The van der Waals surface area contributed by atoms with E-state index in [0.29, 0.717) is 10.9 Å². The van der Waals surface area contributed by atoms with Gasteiger partial charge in [0.25, 0.3) is 0 Å². The van der Waals surface area contributed by atoms with E-state index in [4.69, 9.17) is 11.6 Å². The molecule has 0 unspecified atom stereocenters. The van der Waals surface area contributed by atoms with Crippen molar-refractivity contribution in [3.8, 4) is 0 Å². The zero-order chi connectivity index (χ0) is 13.1. The van der Waals surface area contributed by atoms with Crippen molar-refractivity contribution in [3.05, 3.63) is 34.9 Å². The molecule has 0 heterocycles. The van der Waals surface area contributed by atoms with Crippen molar-refractivity contribution in [1.82, 2.24) is 10.2 Å². The maximum Gasteiger partial charge on any atom is 0.317 e. The Bertz CT molecular complexity index is 414. The number of hydrogen-bond donors (Lipinski definition) is 1. The van der Waals surface area contributed by atoms with Crippen molar-refractivity contribution < 1.29 is 4.79 Å². The number of carbonyl (C=O) groups excluding carboxylic acids is 1. The van der Waals surface area contributed by atoms with Crippen LogP contribution in [-0.2, 0) is 0 Å². The Hall–Kier alpha value is -1.22. The molecule has 0 bridgehead atoms. The Morgan fingerprint density at radius 2 is 2.06 bits per heavy atom. The highest BCUT2D eigenvalue weighted by molar-refractivity contribution is 6.30. The molecule has 4 heteroatoms. The minimum Gasteiger partial charge on any atom is -0.338 e. The predicted molar refractivity (Wildman–Crippen MR) is 73.8 cm³/mol. The summed E-state index contributed by atoms with van der Waals surface area (Å²) in [7, 11) is 1.82. The summed E-state index contributed by atoms with van der Waals surface area (Å²) in [5.74, 6) is 0.702. The first kappa shape index (κ1) is 13.2. The molecule has 0 radical (unpaired) electrons. The molecule has 2 rings (SSSR count). The second-order valence-electron chi connectivity index (χ2n) is 4.97. The molecule has 1 saturated carbocycles. The van der Waals surface area contributed by atoms with Crippen molar-refractivity contribution in [2.75, 3.05) is 13.6 Å². The molecule has 1 aliphatic carbocycles. The molecule has 0 spiro atoms. The van der Waals surface area contributed by atoms with Crippen LogP contribution in [0, 0.1) is 5.92 Å². The van der Waals surface area contributed by atoms with Gasteiger partial charge in [0, 0.05) is 18.6 Å². The Labute approximate surface area is 113 Å². The number of hydrogen-bond acceptors (Lipinski definition) is 1. The zero-order valence-corrected chi connectivity index (χ0v) is 11.6. The third-order valence-electron chi connectivity index (χ3n) is 3.49. The van der Waals surface area contributed by atoms with E-state index in [1.54, 1.807) is 4.90 Å². The van der Waals surface area contributed by atoms with Gasteiger partial charge in [0.05, 0.1) is 6.04 Å². The highest BCUT2D eigenvalue weighted by Crippen LogP contribution is 2.27. The molecule has 0 aromatic heterocycles. The Morgan fingerprint density at radius 1 is 1.44 bits per heavy atom. The molecule has 1 aromatic carbocycles. The van der Waals surface area contributed by atoms with Gasteiger partial charge in [-0.2, -0.15) is 0 Å². The summed E-state index contributed by atoms with van der Waals surface area (Å²) >= 11 is 5.86. The quantitative estimate of drug-likeness (QED) is 0.889. The van der Waals surface area contributed by atoms with Gasteiger partial charge in [0.1, 0.15) is 0 Å². The van der Waals surface area contributed by atoms with Gasteiger partial charge in [-0.15, -0.1) is 0 Å². The van der Waals surface area contributed by atoms with Gasteiger partial charge in [-0.1, -0.05) is 23.7 Å². The van der Waals surface area contributed by atoms with E-state index in [1.807, 2.05) is 38.2 Å². The smallest absolute Gasteiger partial charge is 0.317 e. The van der Waals surface area contributed by atoms with Crippen molar-refractivity contribution in [1.29, 1.82) is 0 Å². The fraction of sp³-hybridized carbons (Fsp3) is 0.500. The normalized spacial score (nSPS) is 16.2. The average Bonchev–Trinajstić information content (AvgIpc) is 3.19. The molecule has 1 aromatic rings. The van der Waals surface area contributed by atoms with Crippen molar-refractivity contribution >= 4 is 17.6 Å². The number of nitrogens with one attached hydrogen (secondary N) is 1. The van der Waals surface area contributed by atoms with E-state index in [2.05, 4.69) is 5.32 Å². The first-order valence-corrected chi connectivity index (χ1v) is 6.72. The van der Waals surface area contributed by atoms with Gasteiger partial charge in [-0.25, -0.2) is 4.79 Å². The van der Waals surface area contributed by atoms with Gasteiger partial charge in [-0.05, 0) is 43.4 Å². The van der Waals surface area contributed by atoms with Crippen LogP contribution in [0.25, 0.3) is 0 Å². The molecular formula is C14H19ClN2O. The fourth-order valence-corrected chi connectivity index (χ4v) is 1.95. The van der Waals surface area contributed by atoms with Crippen molar-refractivity contribution in [2.24, 2.45) is 5.92 Å². The SMILES string of the molecule is C[C@H](c1ccc(Cl)cc1)N(C)C(=O)NCC1CC1. The number of benzene rings is 1. The summed E-state index contributed by atoms with van der Waals surface area (Å²) in [5, 5.41) is 3.68. The number of urea groups is 1. The first-order chi connectivity index (χ1) is 8.58. The van der Waals surface area contributed by atoms with Gasteiger partial charge in [-0.3, -0.25) is 0 Å². The summed E-state index contributed by atoms with van der Waals surface area (Å²) in [4.78, 5) is 13.7. The molecule has 1 aliphatic rings. The summed E-state index contributed by atoms with van der Waals surface area (Å²) in [6.45, 7) is 2.82. The fourth-order valence-electron chi connectivity index (χ4n) is 1.82. The molecule has 98 valence electrons. The van der Waals surface area contributed by atoms with Crippen molar-refractivity contribution in [3.63, 3.8) is 0 Å². The maximum absolute atomic E-state index is 11.9. The van der Waals surface area contributed by atoms with Crippen molar-refractivity contribution in [2.45, 2.75) is 25.8 Å². The van der Waals surface area contributed by atoms with E-state index >= 15 is 0 Å².